The van der Waals surface area contributed by atoms with Crippen LogP contribution in [0.25, 0.3) is 5.69 Å². The quantitative estimate of drug-likeness (QED) is 0.258. The van der Waals surface area contributed by atoms with Crippen LogP contribution in [0.4, 0.5) is 0 Å². The Hall–Kier alpha value is -3.05. The van der Waals surface area contributed by atoms with Crippen molar-refractivity contribution >= 4 is 11.8 Å². The van der Waals surface area contributed by atoms with Gasteiger partial charge >= 0.3 is 0 Å². The first-order valence-electron chi connectivity index (χ1n) is 13.6. The first-order valence-corrected chi connectivity index (χ1v) is 14.7. The Bertz CT molecular complexity index is 1330. The van der Waals surface area contributed by atoms with Gasteiger partial charge in [0.2, 0.25) is 0 Å². The van der Waals surface area contributed by atoms with Crippen LogP contribution in [0.5, 0.6) is 0 Å². The van der Waals surface area contributed by atoms with Gasteiger partial charge < -0.3 is 23.7 Å². The lowest BCUT2D eigenvalue weighted by Gasteiger charge is -2.49. The molecule has 40 heavy (non-hydrogen) atoms. The van der Waals surface area contributed by atoms with Crippen LogP contribution < -0.4 is 0 Å². The van der Waals surface area contributed by atoms with E-state index in [0.29, 0.717) is 13.2 Å². The summed E-state index contributed by atoms with van der Waals surface area (Å²) < 4.78 is 34.2. The topological polar surface area (TPSA) is 76.9 Å². The van der Waals surface area contributed by atoms with Crippen LogP contribution in [-0.2, 0) is 36.9 Å². The molecular formula is C31H33N3O5S. The van der Waals surface area contributed by atoms with E-state index in [1.807, 2.05) is 85.1 Å². The highest BCUT2D eigenvalue weighted by molar-refractivity contribution is 7.99. The Labute approximate surface area is 238 Å². The van der Waals surface area contributed by atoms with Crippen LogP contribution in [0.2, 0.25) is 0 Å². The van der Waals surface area contributed by atoms with Crippen LogP contribution in [0.1, 0.15) is 30.0 Å². The first kappa shape index (κ1) is 27.1. The lowest BCUT2D eigenvalue weighted by Crippen LogP contribution is -2.62. The van der Waals surface area contributed by atoms with Crippen molar-refractivity contribution in [3.8, 4) is 5.69 Å². The minimum absolute atomic E-state index is 0.253. The van der Waals surface area contributed by atoms with E-state index in [2.05, 4.69) is 29.4 Å². The second-order valence-corrected chi connectivity index (χ2v) is 11.1. The van der Waals surface area contributed by atoms with Crippen molar-refractivity contribution in [2.24, 2.45) is 0 Å². The number of rotatable bonds is 10. The Balaban J connectivity index is 1.24. The number of nitrogens with zero attached hydrogens (tertiary/aromatic N) is 3. The molecule has 2 saturated heterocycles. The molecule has 0 N–H and O–H groups in total. The van der Waals surface area contributed by atoms with E-state index in [-0.39, 0.29) is 30.4 Å². The average Bonchev–Trinajstić information content (AvgIpc) is 3.50. The van der Waals surface area contributed by atoms with Crippen molar-refractivity contribution < 1.29 is 23.7 Å². The molecule has 0 unspecified atom stereocenters. The summed E-state index contributed by atoms with van der Waals surface area (Å²) in [4.78, 5) is 0. The summed E-state index contributed by atoms with van der Waals surface area (Å²) in [5.41, 5.74) is 3.46. The minimum Gasteiger partial charge on any atom is -0.368 e. The van der Waals surface area contributed by atoms with Gasteiger partial charge in [0.25, 0.3) is 0 Å². The molecule has 3 heterocycles. The van der Waals surface area contributed by atoms with Gasteiger partial charge in [0.15, 0.2) is 6.29 Å². The van der Waals surface area contributed by atoms with Gasteiger partial charge in [-0.25, -0.2) is 4.68 Å². The zero-order chi connectivity index (χ0) is 27.1. The summed E-state index contributed by atoms with van der Waals surface area (Å²) in [5.74, 6) is 0.867. The summed E-state index contributed by atoms with van der Waals surface area (Å²) in [7, 11) is 0. The van der Waals surface area contributed by atoms with Gasteiger partial charge in [0.05, 0.1) is 31.7 Å². The second-order valence-electron chi connectivity index (χ2n) is 9.70. The van der Waals surface area contributed by atoms with Gasteiger partial charge in [-0.1, -0.05) is 91.0 Å². The standard InChI is InChI=1S/C31H33N3O5S/c1-2-40-31-29(36-20-24-18-34(33-32-24)25-16-10-5-11-17-25)28(35-19-22-12-6-3-7-13-22)27-26(38-31)21-37-30(39-27)23-14-8-4-9-15-23/h3-18,26-31H,2,19-21H2,1H3/t26-,27-,28+,29-,30-,31+/m1/s1. The zero-order valence-electron chi connectivity index (χ0n) is 22.3. The summed E-state index contributed by atoms with van der Waals surface area (Å²) in [5, 5.41) is 8.64. The first-order chi connectivity index (χ1) is 19.8. The van der Waals surface area contributed by atoms with E-state index in [9.17, 15) is 0 Å². The fourth-order valence-electron chi connectivity index (χ4n) is 5.01. The normalized spacial score (nSPS) is 26.3. The maximum atomic E-state index is 6.63. The number of hydrogen-bond acceptors (Lipinski definition) is 8. The lowest BCUT2D eigenvalue weighted by atomic mass is 9.98. The molecule has 6 rings (SSSR count). The molecule has 3 aromatic carbocycles. The largest absolute Gasteiger partial charge is 0.368 e. The molecule has 2 aliphatic rings. The number of hydrogen-bond donors (Lipinski definition) is 0. The van der Waals surface area contributed by atoms with E-state index < -0.39 is 12.4 Å². The number of benzene rings is 3. The predicted molar refractivity (Wildman–Crippen MR) is 152 cm³/mol. The third-order valence-corrected chi connectivity index (χ3v) is 8.00. The Kier molecular flexibility index (Phi) is 8.87. The van der Waals surface area contributed by atoms with E-state index in [0.717, 1.165) is 28.3 Å². The highest BCUT2D eigenvalue weighted by atomic mass is 32.2. The second kappa shape index (κ2) is 13.1. The number of thioether (sulfide) groups is 1. The Morgan fingerprint density at radius 1 is 0.850 bits per heavy atom. The highest BCUT2D eigenvalue weighted by Crippen LogP contribution is 2.39. The van der Waals surface area contributed by atoms with Crippen molar-refractivity contribution in [3.05, 3.63) is 114 Å². The van der Waals surface area contributed by atoms with Gasteiger partial charge in [-0.05, 0) is 23.4 Å². The van der Waals surface area contributed by atoms with Crippen LogP contribution >= 0.6 is 11.8 Å². The molecule has 0 spiro atoms. The van der Waals surface area contributed by atoms with Crippen molar-refractivity contribution in [2.45, 2.75) is 56.3 Å². The smallest absolute Gasteiger partial charge is 0.184 e. The lowest BCUT2D eigenvalue weighted by molar-refractivity contribution is -0.329. The van der Waals surface area contributed by atoms with E-state index in [1.54, 1.807) is 16.4 Å². The fraction of sp³-hybridized carbons (Fsp3) is 0.355. The monoisotopic (exact) mass is 559 g/mol. The molecule has 8 nitrogen and oxygen atoms in total. The van der Waals surface area contributed by atoms with Gasteiger partial charge in [0.1, 0.15) is 35.5 Å². The number of aromatic nitrogens is 3. The van der Waals surface area contributed by atoms with Crippen LogP contribution in [0, 0.1) is 0 Å². The summed E-state index contributed by atoms with van der Waals surface area (Å²) in [6, 6.07) is 30.0. The Morgan fingerprint density at radius 2 is 1.55 bits per heavy atom. The average molecular weight is 560 g/mol. The molecule has 9 heteroatoms. The molecule has 0 bridgehead atoms. The molecule has 2 aliphatic heterocycles. The number of para-hydroxylation sites is 1. The third-order valence-electron chi connectivity index (χ3n) is 6.96. The van der Waals surface area contributed by atoms with Gasteiger partial charge in [0, 0.05) is 5.56 Å². The molecule has 6 atom stereocenters. The van der Waals surface area contributed by atoms with Crippen molar-refractivity contribution in [1.82, 2.24) is 15.0 Å². The van der Waals surface area contributed by atoms with E-state index in [4.69, 9.17) is 23.7 Å². The van der Waals surface area contributed by atoms with Crippen LogP contribution in [0.3, 0.4) is 0 Å². The summed E-state index contributed by atoms with van der Waals surface area (Å²) in [6.45, 7) is 3.22. The molecule has 2 fully saturated rings. The van der Waals surface area contributed by atoms with Crippen molar-refractivity contribution in [3.63, 3.8) is 0 Å². The molecule has 208 valence electrons. The number of ether oxygens (including phenoxy) is 5. The molecule has 0 aliphatic carbocycles. The minimum atomic E-state index is -0.504. The summed E-state index contributed by atoms with van der Waals surface area (Å²) >= 11 is 1.70. The predicted octanol–water partition coefficient (Wildman–Crippen LogP) is 5.33. The van der Waals surface area contributed by atoms with Gasteiger partial charge in [-0.3, -0.25) is 0 Å². The third kappa shape index (κ3) is 6.30. The summed E-state index contributed by atoms with van der Waals surface area (Å²) in [6.07, 6.45) is -0.0470. The molecular weight excluding hydrogens is 526 g/mol. The van der Waals surface area contributed by atoms with Gasteiger partial charge in [-0.15, -0.1) is 16.9 Å². The van der Waals surface area contributed by atoms with Crippen molar-refractivity contribution in [2.75, 3.05) is 12.4 Å². The molecule has 0 radical (unpaired) electrons. The van der Waals surface area contributed by atoms with E-state index >= 15 is 0 Å². The molecule has 0 amide bonds. The van der Waals surface area contributed by atoms with Gasteiger partial charge in [-0.2, -0.15) is 0 Å². The highest BCUT2D eigenvalue weighted by Gasteiger charge is 2.51. The van der Waals surface area contributed by atoms with E-state index in [1.165, 1.54) is 0 Å². The molecule has 0 saturated carbocycles. The van der Waals surface area contributed by atoms with Crippen LogP contribution in [-0.4, -0.2) is 57.2 Å². The zero-order valence-corrected chi connectivity index (χ0v) is 23.1. The van der Waals surface area contributed by atoms with Crippen LogP contribution in [0.15, 0.2) is 97.2 Å². The maximum absolute atomic E-state index is 6.63. The Morgan fingerprint density at radius 3 is 2.30 bits per heavy atom. The molecule has 1 aromatic heterocycles. The number of fused-ring (bicyclic) bond motifs is 1. The molecule has 4 aromatic rings. The van der Waals surface area contributed by atoms with Crippen molar-refractivity contribution in [1.29, 1.82) is 0 Å². The maximum Gasteiger partial charge on any atom is 0.184 e. The fourth-order valence-corrected chi connectivity index (χ4v) is 5.98. The SMILES string of the molecule is CCS[C@@H]1O[C@@H]2CO[C@@H](c3ccccc3)O[C@H]2[C@H](OCc2ccccc2)[C@H]1OCc1cn(-c2ccccc2)nn1.